The molecule has 0 fully saturated rings. The van der Waals surface area contributed by atoms with E-state index in [1.54, 1.807) is 10.8 Å². The number of hydrogen-bond acceptors (Lipinski definition) is 2. The van der Waals surface area contributed by atoms with Gasteiger partial charge in [0.15, 0.2) is 0 Å². The standard InChI is InChI=1S/C8H9N3/c1-6-3-8-7(2)5-10-11(8)9-4-6/h3-5H,1-2H3. The van der Waals surface area contributed by atoms with Gasteiger partial charge in [-0.1, -0.05) is 0 Å². The van der Waals surface area contributed by atoms with Crippen LogP contribution in [0.15, 0.2) is 18.5 Å². The number of aromatic nitrogens is 3. The Kier molecular flexibility index (Phi) is 1.18. The van der Waals surface area contributed by atoms with Gasteiger partial charge in [0.1, 0.15) is 0 Å². The van der Waals surface area contributed by atoms with Gasteiger partial charge in [0.25, 0.3) is 0 Å². The molecule has 0 N–H and O–H groups in total. The van der Waals surface area contributed by atoms with Crippen molar-refractivity contribution in [3.8, 4) is 0 Å². The molecule has 0 bridgehead atoms. The van der Waals surface area contributed by atoms with Crippen LogP contribution < -0.4 is 0 Å². The van der Waals surface area contributed by atoms with Gasteiger partial charge in [-0.3, -0.25) is 0 Å². The molecule has 0 atom stereocenters. The average molecular weight is 147 g/mol. The van der Waals surface area contributed by atoms with Crippen LogP contribution in [0.25, 0.3) is 5.52 Å². The fraction of sp³-hybridized carbons (Fsp3) is 0.250. The summed E-state index contributed by atoms with van der Waals surface area (Å²) in [7, 11) is 0. The molecule has 2 heterocycles. The van der Waals surface area contributed by atoms with Crippen LogP contribution in [0.2, 0.25) is 0 Å². The summed E-state index contributed by atoms with van der Waals surface area (Å²) in [6.07, 6.45) is 3.63. The maximum atomic E-state index is 4.11. The molecule has 11 heavy (non-hydrogen) atoms. The monoisotopic (exact) mass is 147 g/mol. The highest BCUT2D eigenvalue weighted by molar-refractivity contribution is 5.52. The molecule has 0 saturated carbocycles. The number of hydrogen-bond donors (Lipinski definition) is 0. The Labute approximate surface area is 64.7 Å². The second kappa shape index (κ2) is 2.05. The minimum absolute atomic E-state index is 1.09. The molecule has 0 spiro atoms. The average Bonchev–Trinajstić information content (AvgIpc) is 2.33. The van der Waals surface area contributed by atoms with Crippen molar-refractivity contribution in [2.75, 3.05) is 0 Å². The Morgan fingerprint density at radius 2 is 1.91 bits per heavy atom. The van der Waals surface area contributed by atoms with E-state index in [2.05, 4.69) is 16.3 Å². The number of aryl methyl sites for hydroxylation is 2. The molecule has 3 heteroatoms. The van der Waals surface area contributed by atoms with Crippen LogP contribution in [0.3, 0.4) is 0 Å². The van der Waals surface area contributed by atoms with Gasteiger partial charge in [-0.05, 0) is 31.0 Å². The first kappa shape index (κ1) is 6.34. The van der Waals surface area contributed by atoms with E-state index >= 15 is 0 Å². The van der Waals surface area contributed by atoms with Crippen molar-refractivity contribution < 1.29 is 0 Å². The normalized spacial score (nSPS) is 10.7. The van der Waals surface area contributed by atoms with E-state index in [1.165, 1.54) is 11.1 Å². The zero-order valence-electron chi connectivity index (χ0n) is 6.57. The molecule has 2 aromatic rings. The molecule has 2 aromatic heterocycles. The van der Waals surface area contributed by atoms with Crippen molar-refractivity contribution in [1.29, 1.82) is 0 Å². The Balaban J connectivity index is 2.87. The van der Waals surface area contributed by atoms with Crippen molar-refractivity contribution >= 4 is 5.52 Å². The van der Waals surface area contributed by atoms with Crippen molar-refractivity contribution in [1.82, 2.24) is 14.8 Å². The fourth-order valence-corrected chi connectivity index (χ4v) is 1.09. The Morgan fingerprint density at radius 1 is 1.18 bits per heavy atom. The second-order valence-electron chi connectivity index (χ2n) is 2.74. The summed E-state index contributed by atoms with van der Waals surface area (Å²) in [5.41, 5.74) is 3.42. The minimum atomic E-state index is 1.09. The molecule has 2 rings (SSSR count). The molecule has 0 aliphatic heterocycles. The van der Waals surface area contributed by atoms with Crippen LogP contribution >= 0.6 is 0 Å². The molecule has 56 valence electrons. The van der Waals surface area contributed by atoms with E-state index in [-0.39, 0.29) is 0 Å². The summed E-state index contributed by atoms with van der Waals surface area (Å²) < 4.78 is 1.64. The quantitative estimate of drug-likeness (QED) is 0.563. The molecule has 0 saturated heterocycles. The van der Waals surface area contributed by atoms with Crippen molar-refractivity contribution in [3.63, 3.8) is 0 Å². The second-order valence-corrected chi connectivity index (χ2v) is 2.74. The lowest BCUT2D eigenvalue weighted by molar-refractivity contribution is 0.795. The van der Waals surface area contributed by atoms with Gasteiger partial charge in [0.2, 0.25) is 0 Å². The molecule has 3 nitrogen and oxygen atoms in total. The van der Waals surface area contributed by atoms with Gasteiger partial charge >= 0.3 is 0 Å². The molecule has 0 aliphatic rings. The summed E-state index contributed by atoms with van der Waals surface area (Å²) in [5, 5.41) is 8.17. The smallest absolute Gasteiger partial charge is 0.0904 e. The van der Waals surface area contributed by atoms with Crippen LogP contribution in [0.1, 0.15) is 11.1 Å². The highest BCUT2D eigenvalue weighted by Crippen LogP contribution is 2.08. The molecule has 0 unspecified atom stereocenters. The third-order valence-corrected chi connectivity index (χ3v) is 1.72. The first-order chi connectivity index (χ1) is 5.27. The van der Waals surface area contributed by atoms with E-state index in [4.69, 9.17) is 0 Å². The van der Waals surface area contributed by atoms with Gasteiger partial charge in [-0.2, -0.15) is 14.8 Å². The third-order valence-electron chi connectivity index (χ3n) is 1.72. The van der Waals surface area contributed by atoms with E-state index < -0.39 is 0 Å². The van der Waals surface area contributed by atoms with E-state index in [0.717, 1.165) is 5.52 Å². The van der Waals surface area contributed by atoms with Crippen molar-refractivity contribution in [3.05, 3.63) is 29.6 Å². The number of fused-ring (bicyclic) bond motifs is 1. The lowest BCUT2D eigenvalue weighted by atomic mass is 10.2. The lowest BCUT2D eigenvalue weighted by Gasteiger charge is -1.93. The Hall–Kier alpha value is -1.38. The predicted octanol–water partition coefficient (Wildman–Crippen LogP) is 1.35. The highest BCUT2D eigenvalue weighted by Gasteiger charge is 1.98. The lowest BCUT2D eigenvalue weighted by Crippen LogP contribution is -1.92. The first-order valence-electron chi connectivity index (χ1n) is 3.54. The number of nitrogens with zero attached hydrogens (tertiary/aromatic N) is 3. The largest absolute Gasteiger partial charge is 0.158 e. The van der Waals surface area contributed by atoms with Crippen molar-refractivity contribution in [2.24, 2.45) is 0 Å². The molecule has 0 radical (unpaired) electrons. The first-order valence-corrected chi connectivity index (χ1v) is 3.54. The highest BCUT2D eigenvalue weighted by atomic mass is 15.4. The van der Waals surface area contributed by atoms with Crippen LogP contribution in [-0.4, -0.2) is 14.8 Å². The summed E-state index contributed by atoms with van der Waals surface area (Å²) in [4.78, 5) is 0. The topological polar surface area (TPSA) is 30.2 Å². The fourth-order valence-electron chi connectivity index (χ4n) is 1.09. The van der Waals surface area contributed by atoms with E-state index in [1.807, 2.05) is 20.0 Å². The summed E-state index contributed by atoms with van der Waals surface area (Å²) >= 11 is 0. The van der Waals surface area contributed by atoms with Crippen molar-refractivity contribution in [2.45, 2.75) is 13.8 Å². The van der Waals surface area contributed by atoms with Gasteiger partial charge < -0.3 is 0 Å². The predicted molar refractivity (Wildman–Crippen MR) is 42.5 cm³/mol. The molecular formula is C8H9N3. The van der Waals surface area contributed by atoms with Gasteiger partial charge in [-0.25, -0.2) is 0 Å². The molecule has 0 amide bonds. The van der Waals surface area contributed by atoms with Crippen LogP contribution in [0, 0.1) is 13.8 Å². The SMILES string of the molecule is Cc1cnn2ncc(C)c2c1. The molecule has 0 aromatic carbocycles. The molecule has 0 aliphatic carbocycles. The Morgan fingerprint density at radius 3 is 2.73 bits per heavy atom. The zero-order valence-corrected chi connectivity index (χ0v) is 6.57. The Bertz CT molecular complexity index is 389. The van der Waals surface area contributed by atoms with Gasteiger partial charge in [0.05, 0.1) is 17.9 Å². The summed E-state index contributed by atoms with van der Waals surface area (Å²) in [5.74, 6) is 0. The zero-order chi connectivity index (χ0) is 7.84. The van der Waals surface area contributed by atoms with Crippen LogP contribution in [-0.2, 0) is 0 Å². The van der Waals surface area contributed by atoms with Gasteiger partial charge in [-0.15, -0.1) is 0 Å². The molecular weight excluding hydrogens is 138 g/mol. The van der Waals surface area contributed by atoms with Crippen LogP contribution in [0.4, 0.5) is 0 Å². The summed E-state index contributed by atoms with van der Waals surface area (Å²) in [6.45, 7) is 4.06. The van der Waals surface area contributed by atoms with Gasteiger partial charge in [0, 0.05) is 0 Å². The minimum Gasteiger partial charge on any atom is -0.158 e. The van der Waals surface area contributed by atoms with Crippen LogP contribution in [0.5, 0.6) is 0 Å². The maximum absolute atomic E-state index is 4.11. The summed E-state index contributed by atoms with van der Waals surface area (Å²) in [6, 6.07) is 2.08. The van der Waals surface area contributed by atoms with E-state index in [9.17, 15) is 0 Å². The maximum Gasteiger partial charge on any atom is 0.0904 e. The third kappa shape index (κ3) is 0.888. The van der Waals surface area contributed by atoms with E-state index in [0.29, 0.717) is 0 Å². The number of rotatable bonds is 0.